The van der Waals surface area contributed by atoms with Gasteiger partial charge in [0, 0.05) is 24.6 Å². The Morgan fingerprint density at radius 3 is 2.78 bits per heavy atom. The number of carbonyl (C=O) groups is 1. The summed E-state index contributed by atoms with van der Waals surface area (Å²) in [5, 5.41) is 8.80. The number of ketones is 1. The van der Waals surface area contributed by atoms with E-state index in [0.717, 1.165) is 5.56 Å². The van der Waals surface area contributed by atoms with Gasteiger partial charge in [0.15, 0.2) is 11.6 Å². The lowest BCUT2D eigenvalue weighted by Gasteiger charge is -2.13. The predicted molar refractivity (Wildman–Crippen MR) is 96.9 cm³/mol. The third kappa shape index (κ3) is 3.89. The van der Waals surface area contributed by atoms with Gasteiger partial charge in [-0.1, -0.05) is 12.1 Å². The summed E-state index contributed by atoms with van der Waals surface area (Å²) < 4.78 is 36.1. The maximum Gasteiger partial charge on any atom is 0.188 e. The highest BCUT2D eigenvalue weighted by molar-refractivity contribution is 6.01. The van der Waals surface area contributed by atoms with Gasteiger partial charge in [-0.2, -0.15) is 0 Å². The van der Waals surface area contributed by atoms with Gasteiger partial charge in [-0.25, -0.2) is 13.8 Å². The molecule has 0 radical (unpaired) electrons. The van der Waals surface area contributed by atoms with Gasteiger partial charge in [0.2, 0.25) is 0 Å². The van der Waals surface area contributed by atoms with E-state index in [1.165, 1.54) is 12.4 Å². The topological polar surface area (TPSA) is 64.3 Å². The Balaban J connectivity index is 2.09. The first-order chi connectivity index (χ1) is 12.9. The molecule has 1 heterocycles. The molecule has 27 heavy (non-hydrogen) atoms. The van der Waals surface area contributed by atoms with E-state index < -0.39 is 17.4 Å². The third-order valence-corrected chi connectivity index (χ3v) is 4.41. The molecule has 142 valence electrons. The van der Waals surface area contributed by atoms with Gasteiger partial charge in [-0.05, 0) is 30.2 Å². The van der Waals surface area contributed by atoms with E-state index in [1.807, 2.05) is 0 Å². The van der Waals surface area contributed by atoms with Crippen LogP contribution in [0.2, 0.25) is 0 Å². The number of aryl methyl sites for hydroxylation is 2. The van der Waals surface area contributed by atoms with E-state index in [2.05, 4.69) is 4.98 Å². The van der Waals surface area contributed by atoms with Gasteiger partial charge in [0.1, 0.15) is 17.9 Å². The summed E-state index contributed by atoms with van der Waals surface area (Å²) in [6, 6.07) is 6.25. The zero-order chi connectivity index (χ0) is 19.6. The number of carbonyl (C=O) groups excluding carboxylic acids is 1. The maximum atomic E-state index is 15.2. The second-order valence-electron chi connectivity index (χ2n) is 6.41. The molecule has 7 heteroatoms. The van der Waals surface area contributed by atoms with Crippen LogP contribution in [0, 0.1) is 18.6 Å². The van der Waals surface area contributed by atoms with Crippen molar-refractivity contribution in [2.45, 2.75) is 13.3 Å². The average molecular weight is 374 g/mol. The van der Waals surface area contributed by atoms with Crippen molar-refractivity contribution in [2.24, 2.45) is 7.05 Å². The highest BCUT2D eigenvalue weighted by Crippen LogP contribution is 2.27. The molecule has 5 nitrogen and oxygen atoms in total. The summed E-state index contributed by atoms with van der Waals surface area (Å²) in [5.41, 5.74) is 1.85. The lowest BCUT2D eigenvalue weighted by molar-refractivity contribution is 0.0663. The molecule has 0 bridgehead atoms. The van der Waals surface area contributed by atoms with Gasteiger partial charge in [0.05, 0.1) is 25.1 Å². The number of halogens is 2. The summed E-state index contributed by atoms with van der Waals surface area (Å²) >= 11 is 0. The lowest BCUT2D eigenvalue weighted by atomic mass is 9.95. The average Bonchev–Trinajstić information content (AvgIpc) is 3.00. The summed E-state index contributed by atoms with van der Waals surface area (Å²) in [4.78, 5) is 16.7. The van der Waals surface area contributed by atoms with Gasteiger partial charge >= 0.3 is 0 Å². The van der Waals surface area contributed by atoms with Crippen LogP contribution in [0.1, 0.15) is 27.0 Å². The van der Waals surface area contributed by atoms with E-state index in [-0.39, 0.29) is 42.9 Å². The zero-order valence-corrected chi connectivity index (χ0v) is 15.1. The van der Waals surface area contributed by atoms with Gasteiger partial charge in [0.25, 0.3) is 0 Å². The second kappa shape index (κ2) is 7.94. The van der Waals surface area contributed by atoms with Crippen LogP contribution in [0.25, 0.3) is 11.0 Å². The minimum absolute atomic E-state index is 0.00407. The van der Waals surface area contributed by atoms with Crippen molar-refractivity contribution in [1.82, 2.24) is 9.55 Å². The van der Waals surface area contributed by atoms with Crippen LogP contribution in [0.3, 0.4) is 0 Å². The van der Waals surface area contributed by atoms with Gasteiger partial charge < -0.3 is 14.4 Å². The van der Waals surface area contributed by atoms with Crippen LogP contribution in [0.4, 0.5) is 8.78 Å². The number of aromatic nitrogens is 2. The van der Waals surface area contributed by atoms with Crippen molar-refractivity contribution in [3.8, 4) is 0 Å². The highest BCUT2D eigenvalue weighted by Gasteiger charge is 2.22. The highest BCUT2D eigenvalue weighted by atomic mass is 19.1. The number of ether oxygens (including phenoxy) is 1. The second-order valence-corrected chi connectivity index (χ2v) is 6.41. The maximum absolute atomic E-state index is 15.2. The first-order valence-electron chi connectivity index (χ1n) is 8.51. The number of hydrogen-bond acceptors (Lipinski definition) is 4. The summed E-state index contributed by atoms with van der Waals surface area (Å²) in [7, 11) is 1.70. The van der Waals surface area contributed by atoms with E-state index >= 15 is 4.39 Å². The Hall–Kier alpha value is -2.64. The quantitative estimate of drug-likeness (QED) is 0.510. The fourth-order valence-corrected chi connectivity index (χ4v) is 2.98. The fourth-order valence-electron chi connectivity index (χ4n) is 2.98. The first kappa shape index (κ1) is 19.1. The molecule has 1 N–H and O–H groups in total. The number of aliphatic hydroxyl groups excluding tert-OH is 1. The van der Waals surface area contributed by atoms with Crippen LogP contribution in [0.5, 0.6) is 0 Å². The predicted octanol–water partition coefficient (Wildman–Crippen LogP) is 2.94. The third-order valence-electron chi connectivity index (χ3n) is 4.41. The molecule has 0 saturated heterocycles. The monoisotopic (exact) mass is 374 g/mol. The van der Waals surface area contributed by atoms with E-state index in [1.54, 1.807) is 36.7 Å². The number of fused-ring (bicyclic) bond motifs is 1. The van der Waals surface area contributed by atoms with Gasteiger partial charge in [-0.3, -0.25) is 4.79 Å². The Morgan fingerprint density at radius 2 is 2.07 bits per heavy atom. The van der Waals surface area contributed by atoms with Crippen molar-refractivity contribution in [1.29, 1.82) is 0 Å². The Labute approximate surface area is 155 Å². The van der Waals surface area contributed by atoms with Crippen molar-refractivity contribution in [3.63, 3.8) is 0 Å². The molecule has 0 spiro atoms. The smallest absolute Gasteiger partial charge is 0.188 e. The number of Topliss-reactive ketones (excluding diaryl/α,β-unsaturated/α-hetero) is 1. The van der Waals surface area contributed by atoms with Crippen molar-refractivity contribution < 1.29 is 23.4 Å². The molecule has 1 aromatic heterocycles. The number of imidazole rings is 1. The van der Waals surface area contributed by atoms with Gasteiger partial charge in [-0.15, -0.1) is 0 Å². The summed E-state index contributed by atoms with van der Waals surface area (Å²) in [5.74, 6) is -1.53. The number of hydrogen-bond donors (Lipinski definition) is 1. The summed E-state index contributed by atoms with van der Waals surface area (Å²) in [6.45, 7) is 1.25. The molecule has 0 atom stereocenters. The molecular weight excluding hydrogens is 354 g/mol. The van der Waals surface area contributed by atoms with Crippen molar-refractivity contribution in [3.05, 3.63) is 64.5 Å². The van der Waals surface area contributed by atoms with Crippen molar-refractivity contribution >= 4 is 16.8 Å². The molecule has 0 amide bonds. The number of nitrogens with zero attached hydrogens (tertiary/aromatic N) is 2. The molecule has 0 saturated carbocycles. The largest absolute Gasteiger partial charge is 0.394 e. The SMILES string of the molecule is Cc1ccc(Cc2c(C(=O)COCCO)cc3c(ncn3C)c2F)c(F)c1. The Bertz CT molecular complexity index is 999. The zero-order valence-electron chi connectivity index (χ0n) is 15.1. The van der Waals surface area contributed by atoms with Crippen LogP contribution >= 0.6 is 0 Å². The normalized spacial score (nSPS) is 11.3. The minimum atomic E-state index is -0.640. The molecule has 0 fully saturated rings. The summed E-state index contributed by atoms with van der Waals surface area (Å²) in [6.07, 6.45) is 1.38. The van der Waals surface area contributed by atoms with Crippen LogP contribution in [-0.2, 0) is 18.2 Å². The standard InChI is InChI=1S/C20H20F2N2O3/c1-12-3-4-13(16(21)7-12)8-15-14(18(26)10-27-6-5-25)9-17-20(19(15)22)23-11-24(17)2/h3-4,7,9,11,25H,5-6,8,10H2,1-2H3. The fraction of sp³-hybridized carbons (Fsp3) is 0.300. The van der Waals surface area contributed by atoms with E-state index in [4.69, 9.17) is 9.84 Å². The van der Waals surface area contributed by atoms with Crippen LogP contribution < -0.4 is 0 Å². The minimum Gasteiger partial charge on any atom is -0.394 e. The molecule has 0 aliphatic rings. The molecular formula is C20H20F2N2O3. The molecule has 0 aliphatic carbocycles. The van der Waals surface area contributed by atoms with Crippen molar-refractivity contribution in [2.75, 3.05) is 19.8 Å². The Morgan fingerprint density at radius 1 is 1.30 bits per heavy atom. The molecule has 0 unspecified atom stereocenters. The number of benzene rings is 2. The van der Waals surface area contributed by atoms with E-state index in [9.17, 15) is 9.18 Å². The van der Waals surface area contributed by atoms with Crippen LogP contribution in [-0.4, -0.2) is 40.3 Å². The first-order valence-corrected chi connectivity index (χ1v) is 8.51. The molecule has 2 aromatic carbocycles. The van der Waals surface area contributed by atoms with Crippen LogP contribution in [0.15, 0.2) is 30.6 Å². The van der Waals surface area contributed by atoms with E-state index in [0.29, 0.717) is 11.1 Å². The number of aliphatic hydroxyl groups is 1. The molecule has 3 rings (SSSR count). The lowest BCUT2D eigenvalue weighted by Crippen LogP contribution is -2.15. The molecule has 3 aromatic rings. The molecule has 0 aliphatic heterocycles. The number of rotatable bonds is 7. The Kier molecular flexibility index (Phi) is 5.62.